The van der Waals surface area contributed by atoms with Crippen molar-refractivity contribution in [3.05, 3.63) is 224 Å². The maximum absolute atomic E-state index is 13.0. The van der Waals surface area contributed by atoms with Crippen LogP contribution in [0.3, 0.4) is 0 Å². The summed E-state index contributed by atoms with van der Waals surface area (Å²) in [5.74, 6) is 5.46. The van der Waals surface area contributed by atoms with Gasteiger partial charge in [0.15, 0.2) is 0 Å². The summed E-state index contributed by atoms with van der Waals surface area (Å²) in [6.45, 7) is 7.99. The lowest BCUT2D eigenvalue weighted by Gasteiger charge is -2.18. The van der Waals surface area contributed by atoms with Gasteiger partial charge >= 0.3 is 0 Å². The maximum Gasteiger partial charge on any atom is 0.256 e. The van der Waals surface area contributed by atoms with Crippen molar-refractivity contribution in [2.45, 2.75) is 104 Å². The van der Waals surface area contributed by atoms with Crippen LogP contribution in [0, 0.1) is 18.3 Å². The summed E-state index contributed by atoms with van der Waals surface area (Å²) < 4.78 is 30.3. The number of carbonyl (C=O) groups excluding carboxylic acids is 4. The van der Waals surface area contributed by atoms with Crippen LogP contribution in [0.5, 0.6) is 34.8 Å². The number of aromatic nitrogens is 10. The number of anilines is 4. The van der Waals surface area contributed by atoms with Gasteiger partial charge in [0, 0.05) is 112 Å². The third kappa shape index (κ3) is 20.0. The van der Waals surface area contributed by atoms with Crippen LogP contribution in [0.4, 0.5) is 23.3 Å². The van der Waals surface area contributed by atoms with Crippen LogP contribution in [0.1, 0.15) is 107 Å². The monoisotopic (exact) mass is 1670 g/mol. The minimum absolute atomic E-state index is 0. The highest BCUT2D eigenvalue weighted by atomic mass is 16.5. The summed E-state index contributed by atoms with van der Waals surface area (Å²) in [5, 5.41) is 14.1. The molecule has 3 saturated heterocycles. The number of nitrogen functional groups attached to an aromatic ring is 3. The van der Waals surface area contributed by atoms with Gasteiger partial charge in [0.25, 0.3) is 5.91 Å². The van der Waals surface area contributed by atoms with Crippen molar-refractivity contribution in [1.29, 1.82) is 5.26 Å². The van der Waals surface area contributed by atoms with Crippen molar-refractivity contribution in [3.8, 4) is 74.2 Å². The molecule has 7 N–H and O–H groups in total. The number of nitrogens with two attached hydrogens (primary N) is 3. The standard InChI is InChI=1S/C32H33N9O2.C31H34N6O3.C29H32N6O3.3CH4/c1-20-28(22-5-7-23(8-6-22)32(43)38-26-16-21(17-33)11-13-35-26)29-30(34)36-19-37-31(29)41(20)25-12-15-40(18-25)27(42)4-3-14-39(2)24-9-10-24;1-35(22-12-13-22)17-6-9-26(38)36-18-16-23(19-36)37-30-28(29(32)33-20-34-30)27(31(37)39-2)21-10-14-25(15-11-21)40-24-7-4-3-5-8-24;1-33(2)16-7-10-24(36)34-17-15-21(18-34)35-28-26(27(30)31-19-32-28)25(29(35)37-3)20-11-13-23(14-12-20)38-22-8-5-4-6-9-22;;;/h3-8,11,13,16,19,24-25H,9-10,12,14-15,18H2,1-2H3,(H2,34,36,37)(H,35,38,43);3-11,14-15,20,22-23H,12-13,16-19H2,1-2H3,(H2,32,33,34);4-14,19,21H,15-18H2,1-3H3,(H2,30,31,32);3*1H4/b4-3+;9-6+;10-7+;;;/t25-;23-;21-;;;/m111.../s1. The number of nitriles is 1. The van der Waals surface area contributed by atoms with E-state index in [1.165, 1.54) is 56.9 Å². The van der Waals surface area contributed by atoms with Crippen molar-refractivity contribution in [1.82, 2.24) is 78.0 Å². The highest BCUT2D eigenvalue weighted by Gasteiger charge is 2.37. The van der Waals surface area contributed by atoms with E-state index in [4.69, 9.17) is 41.4 Å². The third-order valence-corrected chi connectivity index (χ3v) is 22.7. The molecule has 5 fully saturated rings. The largest absolute Gasteiger partial charge is 0.482 e. The number of pyridine rings is 1. The topological polar surface area (TPSA) is 344 Å². The molecule has 3 aliphatic heterocycles. The van der Waals surface area contributed by atoms with Crippen LogP contribution >= 0.6 is 0 Å². The molecule has 0 radical (unpaired) electrons. The normalized spacial score (nSPS) is 16.1. The summed E-state index contributed by atoms with van der Waals surface area (Å²) >= 11 is 0. The Hall–Kier alpha value is -13.8. The molecule has 12 aromatic rings. The van der Waals surface area contributed by atoms with Gasteiger partial charge in [-0.25, -0.2) is 34.9 Å². The average molecular weight is 1680 g/mol. The van der Waals surface area contributed by atoms with Crippen molar-refractivity contribution in [2.24, 2.45) is 0 Å². The van der Waals surface area contributed by atoms with E-state index in [9.17, 15) is 19.2 Å². The number of methoxy groups -OCH3 is 2. The van der Waals surface area contributed by atoms with E-state index >= 15 is 0 Å². The van der Waals surface area contributed by atoms with Gasteiger partial charge in [-0.2, -0.15) is 5.26 Å². The van der Waals surface area contributed by atoms with Gasteiger partial charge in [0.2, 0.25) is 29.5 Å². The number of likely N-dealkylation sites (N-methyl/N-ethyl adjacent to an activating group) is 3. The number of carbonyl (C=O) groups is 4. The predicted molar refractivity (Wildman–Crippen MR) is 488 cm³/mol. The summed E-state index contributed by atoms with van der Waals surface area (Å²) in [7, 11) is 11.4. The van der Waals surface area contributed by atoms with Crippen LogP contribution < -0.4 is 41.5 Å². The van der Waals surface area contributed by atoms with E-state index < -0.39 is 0 Å². The fourth-order valence-corrected chi connectivity index (χ4v) is 16.2. The van der Waals surface area contributed by atoms with Crippen molar-refractivity contribution in [2.75, 3.05) is 124 Å². The van der Waals surface area contributed by atoms with E-state index in [0.717, 1.165) is 116 Å². The molecule has 29 heteroatoms. The van der Waals surface area contributed by atoms with Gasteiger partial charge in [0.05, 0.1) is 71.3 Å². The molecule has 0 bridgehead atoms. The molecule has 0 spiro atoms. The van der Waals surface area contributed by atoms with Crippen LogP contribution in [-0.2, 0) is 14.4 Å². The molecule has 3 atom stereocenters. The Balaban J connectivity index is 0.000000168. The number of nitrogens with zero attached hydrogens (tertiary/aromatic N) is 17. The van der Waals surface area contributed by atoms with Gasteiger partial charge in [-0.3, -0.25) is 38.1 Å². The Bertz CT molecular complexity index is 5880. The molecule has 17 rings (SSSR count). The molecule has 5 aliphatic rings. The molecule has 0 unspecified atom stereocenters. The minimum atomic E-state index is -0.333. The first-order valence-corrected chi connectivity index (χ1v) is 40.7. The number of nitrogens with one attached hydrogen (secondary N) is 1. The molecule has 4 amide bonds. The SMILES string of the molecule is C.C.C.COc1c(-c2ccc(Oc3ccccc3)cc2)c2c(N)ncnc2n1[C@@H]1CCN(C(=O)/C=C/CN(C)C)C1.COc1c(-c2ccc(Oc3ccccc3)cc2)c2c(N)ncnc2n1[C@@H]1CCN(C(=O)/C=C/CN(C)C2CC2)C1.Cc1c(-c2ccc(C(=O)Nc3cc(C#N)ccn3)cc2)c2c(N)ncnc2n1[C@@H]1CCN(C(=O)/C=C/CN(C)C2CC2)C1. The Labute approximate surface area is 724 Å². The summed E-state index contributed by atoms with van der Waals surface area (Å²) in [6.07, 6.45) is 24.1. The quantitative estimate of drug-likeness (QED) is 0.0386. The summed E-state index contributed by atoms with van der Waals surface area (Å²) in [5.41, 5.74) is 28.4. The second kappa shape index (κ2) is 40.2. The number of hydrogen-bond donors (Lipinski definition) is 4. The molecule has 124 heavy (non-hydrogen) atoms. The first-order valence-electron chi connectivity index (χ1n) is 40.7. The number of para-hydroxylation sites is 2. The number of benzene rings is 5. The van der Waals surface area contributed by atoms with Crippen LogP contribution in [0.25, 0.3) is 66.5 Å². The molecule has 2 aliphatic carbocycles. The minimum Gasteiger partial charge on any atom is -0.482 e. The molecular weight excluding hydrogens is 1560 g/mol. The number of likely N-dealkylation sites (tertiary alicyclic amines) is 3. The molecule has 644 valence electrons. The lowest BCUT2D eigenvalue weighted by atomic mass is 10.0. The molecule has 29 nitrogen and oxygen atoms in total. The zero-order chi connectivity index (χ0) is 84.4. The molecular formula is C95H111N21O8. The molecule has 5 aromatic carbocycles. The van der Waals surface area contributed by atoms with Gasteiger partial charge < -0.3 is 65.6 Å². The zero-order valence-electron chi connectivity index (χ0n) is 68.9. The van der Waals surface area contributed by atoms with Gasteiger partial charge in [-0.05, 0) is 170 Å². The fourth-order valence-electron chi connectivity index (χ4n) is 16.2. The average Bonchev–Trinajstić information content (AvgIpc) is 1.60. The van der Waals surface area contributed by atoms with Crippen molar-refractivity contribution < 1.29 is 38.1 Å². The van der Waals surface area contributed by atoms with Gasteiger partial charge in [-0.15, -0.1) is 0 Å². The number of rotatable bonds is 25. The van der Waals surface area contributed by atoms with Crippen LogP contribution in [0.15, 0.2) is 207 Å². The lowest BCUT2D eigenvalue weighted by molar-refractivity contribution is -0.125. The third-order valence-electron chi connectivity index (χ3n) is 22.7. The van der Waals surface area contributed by atoms with Crippen LogP contribution in [-0.4, -0.2) is 215 Å². The van der Waals surface area contributed by atoms with E-state index in [2.05, 4.69) is 77.8 Å². The smallest absolute Gasteiger partial charge is 0.256 e. The van der Waals surface area contributed by atoms with E-state index in [-0.39, 0.29) is 64.0 Å². The maximum atomic E-state index is 13.0. The Morgan fingerprint density at radius 3 is 1.24 bits per heavy atom. The molecule has 10 heterocycles. The second-order valence-electron chi connectivity index (χ2n) is 31.2. The molecule has 2 saturated carbocycles. The van der Waals surface area contributed by atoms with Crippen LogP contribution in [0.2, 0.25) is 0 Å². The van der Waals surface area contributed by atoms with E-state index in [1.54, 1.807) is 50.6 Å². The van der Waals surface area contributed by atoms with Gasteiger partial charge in [-0.1, -0.05) is 113 Å². The summed E-state index contributed by atoms with van der Waals surface area (Å²) in [6, 6.07) is 48.6. The van der Waals surface area contributed by atoms with Gasteiger partial charge in [0.1, 0.15) is 82.2 Å². The Morgan fingerprint density at radius 2 is 0.847 bits per heavy atom. The number of hydrogen-bond acceptors (Lipinski definition) is 22. The predicted octanol–water partition coefficient (Wildman–Crippen LogP) is 15.1. The highest BCUT2D eigenvalue weighted by Crippen LogP contribution is 2.48. The molecule has 7 aromatic heterocycles. The number of amides is 4. The second-order valence-corrected chi connectivity index (χ2v) is 31.2. The summed E-state index contributed by atoms with van der Waals surface area (Å²) in [4.78, 5) is 94.6. The van der Waals surface area contributed by atoms with E-state index in [1.807, 2.05) is 186 Å². The van der Waals surface area contributed by atoms with Crippen molar-refractivity contribution >= 4 is 80.0 Å². The highest BCUT2D eigenvalue weighted by molar-refractivity contribution is 6.07. The first kappa shape index (κ1) is 89.4. The van der Waals surface area contributed by atoms with Crippen molar-refractivity contribution in [3.63, 3.8) is 0 Å². The van der Waals surface area contributed by atoms with E-state index in [0.29, 0.717) is 115 Å². The Kier molecular flexibility index (Phi) is 29.0. The first-order chi connectivity index (χ1) is 58.8. The zero-order valence-corrected chi connectivity index (χ0v) is 68.9. The fraction of sp³-hybridized carbons (Fsp3) is 0.326. The Morgan fingerprint density at radius 1 is 0.476 bits per heavy atom. The lowest BCUT2D eigenvalue weighted by Crippen LogP contribution is -2.28. The number of ether oxygens (including phenoxy) is 4. The number of fused-ring (bicyclic) bond motifs is 3.